The molecule has 2 rings (SSSR count). The number of carbonyl (C=O) groups is 2. The van der Waals surface area contributed by atoms with Crippen LogP contribution in [0.5, 0.6) is 0 Å². The summed E-state index contributed by atoms with van der Waals surface area (Å²) in [4.78, 5) is 23.5. The molecule has 2 aliphatic rings. The molecule has 0 aromatic rings. The molecule has 1 aliphatic carbocycles. The van der Waals surface area contributed by atoms with Gasteiger partial charge in [-0.05, 0) is 43.4 Å². The molecule has 0 bridgehead atoms. The largest absolute Gasteiger partial charge is 0.355 e. The summed E-state index contributed by atoms with van der Waals surface area (Å²) in [5, 5.41) is 6.01. The van der Waals surface area contributed by atoms with E-state index in [1.54, 1.807) is 0 Å². The van der Waals surface area contributed by atoms with Gasteiger partial charge in [0.25, 0.3) is 0 Å². The average Bonchev–Trinajstić information content (AvgIpc) is 2.64. The number of piperidine rings is 1. The van der Waals surface area contributed by atoms with Gasteiger partial charge in [-0.2, -0.15) is 0 Å². The number of hydrogen-bond acceptors (Lipinski definition) is 2. The van der Waals surface area contributed by atoms with Gasteiger partial charge < -0.3 is 10.6 Å². The maximum absolute atomic E-state index is 12.3. The minimum Gasteiger partial charge on any atom is -0.355 e. The van der Waals surface area contributed by atoms with Crippen LogP contribution in [-0.2, 0) is 9.59 Å². The second kappa shape index (κ2) is 6.80. The number of rotatable bonds is 2. The number of carbonyl (C=O) groups excluding carboxylic acids is 2. The Morgan fingerprint density at radius 3 is 2.52 bits per heavy atom. The zero-order valence-electron chi connectivity index (χ0n) is 13.7. The zero-order valence-corrected chi connectivity index (χ0v) is 13.7. The lowest BCUT2D eigenvalue weighted by Crippen LogP contribution is -2.45. The highest BCUT2D eigenvalue weighted by Gasteiger charge is 2.30. The SMILES string of the molecule is CC(C)(C)[C@@H]1CCC[C@H](NC(=O)[C@H]2CCC(=O)NC2)CC1. The van der Waals surface area contributed by atoms with Crippen molar-refractivity contribution in [2.45, 2.75) is 71.8 Å². The molecule has 2 N–H and O–H groups in total. The van der Waals surface area contributed by atoms with Crippen molar-refractivity contribution in [3.8, 4) is 0 Å². The third-order valence-electron chi connectivity index (χ3n) is 5.18. The zero-order chi connectivity index (χ0) is 15.5. The van der Waals surface area contributed by atoms with Gasteiger partial charge in [0.2, 0.25) is 11.8 Å². The summed E-state index contributed by atoms with van der Waals surface area (Å²) in [5.74, 6) is 0.925. The van der Waals surface area contributed by atoms with Gasteiger partial charge in [-0.15, -0.1) is 0 Å². The second-order valence-electron chi connectivity index (χ2n) is 7.82. The van der Waals surface area contributed by atoms with Gasteiger partial charge >= 0.3 is 0 Å². The Morgan fingerprint density at radius 1 is 1.14 bits per heavy atom. The van der Waals surface area contributed by atoms with E-state index in [-0.39, 0.29) is 17.7 Å². The predicted molar refractivity (Wildman–Crippen MR) is 83.7 cm³/mol. The van der Waals surface area contributed by atoms with Gasteiger partial charge in [0, 0.05) is 19.0 Å². The quantitative estimate of drug-likeness (QED) is 0.769. The van der Waals surface area contributed by atoms with Crippen molar-refractivity contribution in [1.82, 2.24) is 10.6 Å². The Morgan fingerprint density at radius 2 is 1.90 bits per heavy atom. The van der Waals surface area contributed by atoms with E-state index >= 15 is 0 Å². The van der Waals surface area contributed by atoms with E-state index in [2.05, 4.69) is 31.4 Å². The van der Waals surface area contributed by atoms with Gasteiger partial charge in [0.15, 0.2) is 0 Å². The van der Waals surface area contributed by atoms with E-state index in [4.69, 9.17) is 0 Å². The standard InChI is InChI=1S/C17H30N2O2/c1-17(2,3)13-5-4-6-14(9-8-13)19-16(21)12-7-10-15(20)18-11-12/h12-14H,4-11H2,1-3H3,(H,18,20)(H,19,21)/t12-,13+,14-/m0/s1. The summed E-state index contributed by atoms with van der Waals surface area (Å²) in [6.07, 6.45) is 7.04. The Labute approximate surface area is 128 Å². The monoisotopic (exact) mass is 294 g/mol. The third-order valence-corrected chi connectivity index (χ3v) is 5.18. The fraction of sp³-hybridized carbons (Fsp3) is 0.882. The minimum absolute atomic E-state index is 0.0376. The first-order chi connectivity index (χ1) is 9.86. The number of nitrogens with one attached hydrogen (secondary N) is 2. The lowest BCUT2D eigenvalue weighted by atomic mass is 9.76. The van der Waals surface area contributed by atoms with Crippen LogP contribution in [-0.4, -0.2) is 24.4 Å². The van der Waals surface area contributed by atoms with Crippen molar-refractivity contribution in [3.05, 3.63) is 0 Å². The van der Waals surface area contributed by atoms with E-state index in [1.807, 2.05) is 0 Å². The molecule has 0 aromatic heterocycles. The molecule has 120 valence electrons. The Bertz CT molecular complexity index is 377. The molecule has 1 saturated heterocycles. The highest BCUT2D eigenvalue weighted by atomic mass is 16.2. The summed E-state index contributed by atoms with van der Waals surface area (Å²) < 4.78 is 0. The maximum atomic E-state index is 12.3. The molecule has 4 nitrogen and oxygen atoms in total. The first-order valence-electron chi connectivity index (χ1n) is 8.43. The second-order valence-corrected chi connectivity index (χ2v) is 7.82. The third kappa shape index (κ3) is 4.72. The topological polar surface area (TPSA) is 58.2 Å². The fourth-order valence-electron chi connectivity index (χ4n) is 3.59. The van der Waals surface area contributed by atoms with Crippen molar-refractivity contribution >= 4 is 11.8 Å². The van der Waals surface area contributed by atoms with Crippen molar-refractivity contribution in [1.29, 1.82) is 0 Å². The smallest absolute Gasteiger partial charge is 0.225 e. The summed E-state index contributed by atoms with van der Waals surface area (Å²) in [6, 6.07) is 0.322. The Balaban J connectivity index is 1.80. The molecule has 0 unspecified atom stereocenters. The average molecular weight is 294 g/mol. The van der Waals surface area contributed by atoms with E-state index in [9.17, 15) is 9.59 Å². The van der Waals surface area contributed by atoms with Crippen LogP contribution >= 0.6 is 0 Å². The van der Waals surface area contributed by atoms with E-state index < -0.39 is 0 Å². The van der Waals surface area contributed by atoms with E-state index in [0.717, 1.165) is 18.8 Å². The molecular formula is C17H30N2O2. The highest BCUT2D eigenvalue weighted by molar-refractivity contribution is 5.83. The van der Waals surface area contributed by atoms with Gasteiger partial charge in [-0.3, -0.25) is 9.59 Å². The highest BCUT2D eigenvalue weighted by Crippen LogP contribution is 2.36. The Hall–Kier alpha value is -1.06. The van der Waals surface area contributed by atoms with Crippen LogP contribution in [0.15, 0.2) is 0 Å². The van der Waals surface area contributed by atoms with Crippen LogP contribution in [0.4, 0.5) is 0 Å². The molecule has 0 spiro atoms. The molecule has 21 heavy (non-hydrogen) atoms. The van der Waals surface area contributed by atoms with Gasteiger partial charge in [0.05, 0.1) is 5.92 Å². The van der Waals surface area contributed by atoms with Crippen molar-refractivity contribution in [3.63, 3.8) is 0 Å². The maximum Gasteiger partial charge on any atom is 0.225 e. The van der Waals surface area contributed by atoms with Crippen LogP contribution in [0.3, 0.4) is 0 Å². The van der Waals surface area contributed by atoms with Crippen LogP contribution in [0.25, 0.3) is 0 Å². The van der Waals surface area contributed by atoms with Crippen molar-refractivity contribution in [2.24, 2.45) is 17.3 Å². The van der Waals surface area contributed by atoms with Crippen molar-refractivity contribution in [2.75, 3.05) is 6.54 Å². The summed E-state index contributed by atoms with van der Waals surface area (Å²) in [7, 11) is 0. The molecule has 0 aromatic carbocycles. The van der Waals surface area contributed by atoms with Crippen LogP contribution in [0.1, 0.15) is 65.7 Å². The predicted octanol–water partition coefficient (Wildman–Crippen LogP) is 2.62. The molecule has 2 fully saturated rings. The lowest BCUT2D eigenvalue weighted by molar-refractivity contribution is -0.129. The molecule has 0 radical (unpaired) electrons. The van der Waals surface area contributed by atoms with Crippen LogP contribution in [0, 0.1) is 17.3 Å². The first-order valence-corrected chi connectivity index (χ1v) is 8.43. The molecular weight excluding hydrogens is 264 g/mol. The van der Waals surface area contributed by atoms with Gasteiger partial charge in [-0.25, -0.2) is 0 Å². The fourth-order valence-corrected chi connectivity index (χ4v) is 3.59. The summed E-state index contributed by atoms with van der Waals surface area (Å²) >= 11 is 0. The Kier molecular flexibility index (Phi) is 5.28. The first kappa shape index (κ1) is 16.3. The van der Waals surface area contributed by atoms with E-state index in [1.165, 1.54) is 19.3 Å². The van der Waals surface area contributed by atoms with Crippen LogP contribution in [0.2, 0.25) is 0 Å². The minimum atomic E-state index is -0.0376. The molecule has 1 heterocycles. The summed E-state index contributed by atoms with van der Waals surface area (Å²) in [6.45, 7) is 7.46. The lowest BCUT2D eigenvalue weighted by Gasteiger charge is -2.30. The molecule has 1 saturated carbocycles. The molecule has 3 atom stereocenters. The normalized spacial score (nSPS) is 31.2. The summed E-state index contributed by atoms with van der Waals surface area (Å²) in [5.41, 5.74) is 0.368. The number of amides is 2. The van der Waals surface area contributed by atoms with Crippen molar-refractivity contribution < 1.29 is 9.59 Å². The van der Waals surface area contributed by atoms with Gasteiger partial charge in [-0.1, -0.05) is 27.2 Å². The number of hydrogen-bond donors (Lipinski definition) is 2. The molecule has 2 amide bonds. The van der Waals surface area contributed by atoms with Crippen LogP contribution < -0.4 is 10.6 Å². The molecule has 1 aliphatic heterocycles. The van der Waals surface area contributed by atoms with E-state index in [0.29, 0.717) is 30.8 Å². The molecule has 4 heteroatoms. The van der Waals surface area contributed by atoms with Gasteiger partial charge in [0.1, 0.15) is 0 Å².